The fraction of sp³-hybridized carbons (Fsp3) is 0.200. The maximum atomic E-state index is 12.0. The molecule has 24 heavy (non-hydrogen) atoms. The van der Waals surface area contributed by atoms with Gasteiger partial charge in [0, 0.05) is 24.4 Å². The fourth-order valence-corrected chi connectivity index (χ4v) is 3.34. The van der Waals surface area contributed by atoms with E-state index in [0.717, 1.165) is 5.69 Å². The molecule has 3 aromatic rings. The van der Waals surface area contributed by atoms with Crippen molar-refractivity contribution in [1.29, 1.82) is 0 Å². The number of para-hydroxylation sites is 1. The Balaban J connectivity index is 1.74. The van der Waals surface area contributed by atoms with Crippen LogP contribution in [0.25, 0.3) is 5.69 Å². The van der Waals surface area contributed by atoms with Crippen molar-refractivity contribution in [1.82, 2.24) is 19.7 Å². The number of thiazole rings is 1. The van der Waals surface area contributed by atoms with E-state index in [4.69, 9.17) is 4.74 Å². The van der Waals surface area contributed by atoms with Crippen LogP contribution in [0.4, 0.5) is 5.13 Å². The van der Waals surface area contributed by atoms with Crippen LogP contribution in [0.3, 0.4) is 0 Å². The number of hydrogen-bond donors (Lipinski definition) is 1. The number of hydrogen-bond acceptors (Lipinski definition) is 7. The molecular formula is C15H15N5O2S2. The standard InChI is InChI=1S/C15H15N5O2S2/c1-22-9-12-18-19-15(20(12)11-5-3-2-4-6-11)24-10-13(21)17-14-16-7-8-23-14/h2-8H,9-10H2,1H3,(H,16,17,21). The van der Waals surface area contributed by atoms with Gasteiger partial charge in [-0.1, -0.05) is 30.0 Å². The first-order valence-corrected chi connectivity index (χ1v) is 8.95. The van der Waals surface area contributed by atoms with Crippen LogP contribution in [0, 0.1) is 0 Å². The summed E-state index contributed by atoms with van der Waals surface area (Å²) in [5.74, 6) is 0.773. The van der Waals surface area contributed by atoms with E-state index < -0.39 is 0 Å². The van der Waals surface area contributed by atoms with Crippen molar-refractivity contribution >= 4 is 34.1 Å². The molecule has 0 saturated heterocycles. The Hall–Kier alpha value is -2.23. The average Bonchev–Trinajstić information content (AvgIpc) is 3.24. The molecule has 0 bridgehead atoms. The summed E-state index contributed by atoms with van der Waals surface area (Å²) in [5, 5.41) is 14.1. The van der Waals surface area contributed by atoms with Gasteiger partial charge in [0.1, 0.15) is 6.61 Å². The zero-order valence-electron chi connectivity index (χ0n) is 12.9. The maximum Gasteiger partial charge on any atom is 0.236 e. The van der Waals surface area contributed by atoms with Crippen LogP contribution in [0.1, 0.15) is 5.82 Å². The van der Waals surface area contributed by atoms with Crippen molar-refractivity contribution in [2.24, 2.45) is 0 Å². The molecule has 0 spiro atoms. The van der Waals surface area contributed by atoms with Crippen molar-refractivity contribution < 1.29 is 9.53 Å². The lowest BCUT2D eigenvalue weighted by Gasteiger charge is -2.09. The molecule has 0 aliphatic carbocycles. The normalized spacial score (nSPS) is 10.7. The van der Waals surface area contributed by atoms with Crippen molar-refractivity contribution in [3.63, 3.8) is 0 Å². The topological polar surface area (TPSA) is 81.9 Å². The Morgan fingerprint density at radius 3 is 2.88 bits per heavy atom. The first-order chi connectivity index (χ1) is 11.8. The third-order valence-corrected chi connectivity index (χ3v) is 4.62. The number of ether oxygens (including phenoxy) is 1. The smallest absolute Gasteiger partial charge is 0.236 e. The predicted molar refractivity (Wildman–Crippen MR) is 93.5 cm³/mol. The number of carbonyl (C=O) groups is 1. The van der Waals surface area contributed by atoms with Gasteiger partial charge in [-0.3, -0.25) is 9.36 Å². The molecule has 2 aromatic heterocycles. The number of amides is 1. The second kappa shape index (κ2) is 8.04. The van der Waals surface area contributed by atoms with E-state index in [9.17, 15) is 4.79 Å². The molecule has 0 atom stereocenters. The Bertz CT molecular complexity index is 790. The zero-order chi connectivity index (χ0) is 16.8. The van der Waals surface area contributed by atoms with Crippen molar-refractivity contribution in [2.75, 3.05) is 18.2 Å². The average molecular weight is 361 g/mol. The van der Waals surface area contributed by atoms with E-state index in [0.29, 0.717) is 22.7 Å². The number of nitrogens with one attached hydrogen (secondary N) is 1. The van der Waals surface area contributed by atoms with E-state index in [2.05, 4.69) is 20.5 Å². The van der Waals surface area contributed by atoms with Gasteiger partial charge < -0.3 is 10.1 Å². The van der Waals surface area contributed by atoms with Gasteiger partial charge in [-0.25, -0.2) is 4.98 Å². The molecule has 0 aliphatic heterocycles. The highest BCUT2D eigenvalue weighted by atomic mass is 32.2. The van der Waals surface area contributed by atoms with Gasteiger partial charge in [-0.05, 0) is 12.1 Å². The lowest BCUT2D eigenvalue weighted by Crippen LogP contribution is -2.14. The van der Waals surface area contributed by atoms with Gasteiger partial charge in [0.15, 0.2) is 16.1 Å². The molecule has 0 radical (unpaired) electrons. The second-order valence-electron chi connectivity index (χ2n) is 4.68. The number of carbonyl (C=O) groups excluding carboxylic acids is 1. The maximum absolute atomic E-state index is 12.0. The van der Waals surface area contributed by atoms with Gasteiger partial charge >= 0.3 is 0 Å². The summed E-state index contributed by atoms with van der Waals surface area (Å²) < 4.78 is 7.07. The molecule has 2 heterocycles. The van der Waals surface area contributed by atoms with Crippen molar-refractivity contribution in [2.45, 2.75) is 11.8 Å². The number of benzene rings is 1. The highest BCUT2D eigenvalue weighted by molar-refractivity contribution is 7.99. The minimum Gasteiger partial charge on any atom is -0.377 e. The van der Waals surface area contributed by atoms with Crippen molar-refractivity contribution in [3.05, 3.63) is 47.7 Å². The number of nitrogens with zero attached hydrogens (tertiary/aromatic N) is 4. The summed E-state index contributed by atoms with van der Waals surface area (Å²) in [4.78, 5) is 16.0. The molecule has 3 rings (SSSR count). The van der Waals surface area contributed by atoms with E-state index >= 15 is 0 Å². The summed E-state index contributed by atoms with van der Waals surface area (Å²) in [6.07, 6.45) is 1.65. The van der Waals surface area contributed by atoms with Gasteiger partial charge in [0.2, 0.25) is 5.91 Å². The Labute approximate surface area is 147 Å². The molecule has 0 unspecified atom stereocenters. The molecule has 1 amide bonds. The van der Waals surface area contributed by atoms with E-state index in [1.165, 1.54) is 23.1 Å². The van der Waals surface area contributed by atoms with Crippen LogP contribution in [-0.2, 0) is 16.1 Å². The minimum absolute atomic E-state index is 0.133. The summed E-state index contributed by atoms with van der Waals surface area (Å²) in [6, 6.07) is 9.74. The summed E-state index contributed by atoms with van der Waals surface area (Å²) in [7, 11) is 1.61. The zero-order valence-corrected chi connectivity index (χ0v) is 14.5. The first-order valence-electron chi connectivity index (χ1n) is 7.08. The van der Waals surface area contributed by atoms with Crippen LogP contribution >= 0.6 is 23.1 Å². The molecule has 1 aromatic carbocycles. The second-order valence-corrected chi connectivity index (χ2v) is 6.51. The third-order valence-electron chi connectivity index (χ3n) is 3.00. The van der Waals surface area contributed by atoms with E-state index in [-0.39, 0.29) is 11.7 Å². The SMILES string of the molecule is COCc1nnc(SCC(=O)Nc2nccs2)n1-c1ccccc1. The monoisotopic (exact) mass is 361 g/mol. The molecular weight excluding hydrogens is 346 g/mol. The molecule has 0 fully saturated rings. The molecule has 1 N–H and O–H groups in total. The summed E-state index contributed by atoms with van der Waals surface area (Å²) in [6.45, 7) is 0.341. The lowest BCUT2D eigenvalue weighted by molar-refractivity contribution is -0.113. The lowest BCUT2D eigenvalue weighted by atomic mass is 10.3. The van der Waals surface area contributed by atoms with E-state index in [1.807, 2.05) is 40.3 Å². The molecule has 7 nitrogen and oxygen atoms in total. The van der Waals surface area contributed by atoms with Crippen LogP contribution in [-0.4, -0.2) is 38.5 Å². The highest BCUT2D eigenvalue weighted by Crippen LogP contribution is 2.22. The number of aromatic nitrogens is 4. The van der Waals surface area contributed by atoms with Gasteiger partial charge in [0.25, 0.3) is 0 Å². The number of rotatable bonds is 7. The largest absolute Gasteiger partial charge is 0.377 e. The van der Waals surface area contributed by atoms with Crippen LogP contribution in [0.2, 0.25) is 0 Å². The molecule has 0 saturated carbocycles. The fourth-order valence-electron chi connectivity index (χ4n) is 2.02. The Kier molecular flexibility index (Phi) is 5.57. The number of methoxy groups -OCH3 is 1. The van der Waals surface area contributed by atoms with Crippen LogP contribution in [0.5, 0.6) is 0 Å². The molecule has 0 aliphatic rings. The van der Waals surface area contributed by atoms with E-state index in [1.54, 1.807) is 13.3 Å². The summed E-state index contributed by atoms with van der Waals surface area (Å²) >= 11 is 2.70. The van der Waals surface area contributed by atoms with Gasteiger partial charge in [-0.15, -0.1) is 21.5 Å². The highest BCUT2D eigenvalue weighted by Gasteiger charge is 2.15. The molecule has 124 valence electrons. The number of thioether (sulfide) groups is 1. The summed E-state index contributed by atoms with van der Waals surface area (Å²) in [5.41, 5.74) is 0.928. The van der Waals surface area contributed by atoms with Crippen LogP contribution < -0.4 is 5.32 Å². The van der Waals surface area contributed by atoms with Crippen molar-refractivity contribution in [3.8, 4) is 5.69 Å². The Morgan fingerprint density at radius 1 is 1.33 bits per heavy atom. The van der Waals surface area contributed by atoms with Gasteiger partial charge in [-0.2, -0.15) is 0 Å². The van der Waals surface area contributed by atoms with Crippen LogP contribution in [0.15, 0.2) is 47.1 Å². The minimum atomic E-state index is -0.133. The first kappa shape index (κ1) is 16.6. The quantitative estimate of drug-likeness (QED) is 0.652. The van der Waals surface area contributed by atoms with Gasteiger partial charge in [0.05, 0.1) is 5.75 Å². The Morgan fingerprint density at radius 2 is 2.17 bits per heavy atom. The predicted octanol–water partition coefficient (Wildman–Crippen LogP) is 2.60. The number of anilines is 1. The molecule has 9 heteroatoms. The third kappa shape index (κ3) is 3.99.